The second kappa shape index (κ2) is 25.7. The first-order valence-electron chi connectivity index (χ1n) is 36.2. The molecule has 0 fully saturated rings. The molecule has 6 nitrogen and oxygen atoms in total. The van der Waals surface area contributed by atoms with E-state index in [1.807, 2.05) is 0 Å². The first-order valence-corrected chi connectivity index (χ1v) is 42.2. The number of benzene rings is 15. The molecule has 0 spiro atoms. The Morgan fingerprint density at radius 3 is 0.514 bits per heavy atom. The van der Waals surface area contributed by atoms with E-state index < -0.39 is 24.2 Å². The van der Waals surface area contributed by atoms with Gasteiger partial charge in [0.2, 0.25) is 17.8 Å². The van der Waals surface area contributed by atoms with Crippen molar-refractivity contribution in [2.24, 2.45) is 0 Å². The highest BCUT2D eigenvalue weighted by Gasteiger charge is 2.45. The van der Waals surface area contributed by atoms with Crippen molar-refractivity contribution in [3.63, 3.8) is 0 Å². The Kier molecular flexibility index (Phi) is 15.5. The predicted octanol–water partition coefficient (Wildman–Crippen LogP) is 14.2. The van der Waals surface area contributed by atoms with Gasteiger partial charge in [-0.25, -0.2) is 0 Å². The summed E-state index contributed by atoms with van der Waals surface area (Å²) in [6.45, 7) is 6.55. The van der Waals surface area contributed by atoms with Crippen molar-refractivity contribution in [2.45, 2.75) is 20.8 Å². The van der Waals surface area contributed by atoms with Crippen LogP contribution in [-0.2, 0) is 0 Å². The molecule has 19 aromatic rings. The molecule has 0 aliphatic rings. The van der Waals surface area contributed by atoms with Gasteiger partial charge in [-0.15, -0.1) is 0 Å². The van der Waals surface area contributed by atoms with Crippen molar-refractivity contribution >= 4 is 152 Å². The lowest BCUT2D eigenvalue weighted by Crippen LogP contribution is -2.74. The van der Waals surface area contributed by atoms with Crippen LogP contribution < -0.4 is 62.2 Å². The molecule has 0 atom stereocenters. The zero-order valence-electron chi connectivity index (χ0n) is 58.6. The highest BCUT2D eigenvalue weighted by atomic mass is 28.3. The normalized spacial score (nSPS) is 12.1. The fourth-order valence-corrected chi connectivity index (χ4v) is 31.9. The van der Waals surface area contributed by atoms with Gasteiger partial charge in [0.15, 0.2) is 24.2 Å². The molecule has 4 heterocycles. The van der Waals surface area contributed by atoms with Crippen molar-refractivity contribution in [1.82, 2.24) is 28.7 Å². The molecule has 0 unspecified atom stereocenters. The lowest BCUT2D eigenvalue weighted by molar-refractivity contribution is 0.848. The molecule has 105 heavy (non-hydrogen) atoms. The standard InChI is InChI=1S/C96H72N6Si3/c1-67-49-55-88-82(61-67)83-62-68(2)50-56-89(83)100(88)94-97-95(101-90-57-51-69(3)63-84(90)85-64-79(52-58-91(85)101)103(70-31-13-4-14-32-70,71-33-15-5-16-34-71)72-35-17-6-18-36-72)99-96(98-94)102-92-59-53-80(104(73-37-19-7-20-38-73,74-39-21-8-22-40-74)75-41-23-9-24-42-75)65-86(92)87-66-81(54-60-93(87)102)105(76-43-25-10-26-44-76,77-45-27-11-28-46-77)78-47-29-12-30-48-78/h4-66H,1-3H3. The first-order chi connectivity index (χ1) is 51.8. The Morgan fingerprint density at radius 1 is 0.171 bits per heavy atom. The summed E-state index contributed by atoms with van der Waals surface area (Å²) in [7, 11) is -9.21. The van der Waals surface area contributed by atoms with Gasteiger partial charge in [-0.05, 0) is 138 Å². The van der Waals surface area contributed by atoms with E-state index in [0.717, 1.165) is 65.4 Å². The Bertz CT molecular complexity index is 5940. The van der Waals surface area contributed by atoms with Crippen LogP contribution in [0.1, 0.15) is 16.7 Å². The minimum Gasteiger partial charge on any atom is -0.278 e. The van der Waals surface area contributed by atoms with Gasteiger partial charge in [-0.3, -0.25) is 13.7 Å². The van der Waals surface area contributed by atoms with Crippen molar-refractivity contribution in [1.29, 1.82) is 0 Å². The zero-order chi connectivity index (χ0) is 70.2. The molecular weight excluding hydrogens is 1320 g/mol. The van der Waals surface area contributed by atoms with Crippen LogP contribution in [0.25, 0.3) is 83.3 Å². The Labute approximate surface area is 613 Å². The summed E-state index contributed by atoms with van der Waals surface area (Å²) >= 11 is 0. The minimum atomic E-state index is -3.11. The number of rotatable bonds is 15. The molecule has 0 amide bonds. The van der Waals surface area contributed by atoms with Crippen LogP contribution in [0.3, 0.4) is 0 Å². The maximum Gasteiger partial charge on any atom is 0.241 e. The Balaban J connectivity index is 0.946. The van der Waals surface area contributed by atoms with Crippen LogP contribution >= 0.6 is 0 Å². The van der Waals surface area contributed by atoms with Crippen LogP contribution in [0, 0.1) is 20.8 Å². The number of hydrogen-bond donors (Lipinski definition) is 0. The molecule has 498 valence electrons. The van der Waals surface area contributed by atoms with E-state index in [1.165, 1.54) is 78.9 Å². The Morgan fingerprint density at radius 2 is 0.333 bits per heavy atom. The molecule has 0 saturated carbocycles. The largest absolute Gasteiger partial charge is 0.278 e. The average Bonchev–Trinajstić information content (AvgIpc) is 1.66. The van der Waals surface area contributed by atoms with E-state index in [4.69, 9.17) is 15.0 Å². The van der Waals surface area contributed by atoms with E-state index in [1.54, 1.807) is 0 Å². The molecule has 0 bridgehead atoms. The van der Waals surface area contributed by atoms with Crippen LogP contribution in [0.15, 0.2) is 382 Å². The summed E-state index contributed by atoms with van der Waals surface area (Å²) in [5, 5.41) is 22.4. The molecule has 15 aromatic carbocycles. The van der Waals surface area contributed by atoms with E-state index in [0.29, 0.717) is 17.8 Å². The van der Waals surface area contributed by atoms with E-state index >= 15 is 0 Å². The second-order valence-electron chi connectivity index (χ2n) is 28.0. The third kappa shape index (κ3) is 10.1. The molecule has 0 radical (unpaired) electrons. The number of aryl methyl sites for hydroxylation is 3. The van der Waals surface area contributed by atoms with Gasteiger partial charge < -0.3 is 0 Å². The minimum absolute atomic E-state index is 0.502. The van der Waals surface area contributed by atoms with Crippen LogP contribution in [0.4, 0.5) is 0 Å². The van der Waals surface area contributed by atoms with Gasteiger partial charge >= 0.3 is 0 Å². The third-order valence-electron chi connectivity index (χ3n) is 22.1. The lowest BCUT2D eigenvalue weighted by Gasteiger charge is -2.34. The topological polar surface area (TPSA) is 53.5 Å². The molecular formula is C96H72N6Si3. The summed E-state index contributed by atoms with van der Waals surface area (Å²) in [5.74, 6) is 1.53. The fraction of sp³-hybridized carbons (Fsp3) is 0.0312. The molecule has 9 heteroatoms. The smallest absolute Gasteiger partial charge is 0.241 e. The van der Waals surface area contributed by atoms with Crippen LogP contribution in [-0.4, -0.2) is 52.9 Å². The predicted molar refractivity (Wildman–Crippen MR) is 448 cm³/mol. The zero-order valence-corrected chi connectivity index (χ0v) is 61.6. The van der Waals surface area contributed by atoms with E-state index in [2.05, 4.69) is 417 Å². The van der Waals surface area contributed by atoms with E-state index in [9.17, 15) is 0 Å². The quantitative estimate of drug-likeness (QED) is 0.0759. The van der Waals surface area contributed by atoms with Crippen molar-refractivity contribution in [2.75, 3.05) is 0 Å². The van der Waals surface area contributed by atoms with Crippen molar-refractivity contribution in [3.8, 4) is 17.8 Å². The second-order valence-corrected chi connectivity index (χ2v) is 39.5. The molecule has 0 aliphatic heterocycles. The third-order valence-corrected chi connectivity index (χ3v) is 36.4. The van der Waals surface area contributed by atoms with Gasteiger partial charge in [0.1, 0.15) is 0 Å². The number of hydrogen-bond acceptors (Lipinski definition) is 3. The highest BCUT2D eigenvalue weighted by Crippen LogP contribution is 2.38. The van der Waals surface area contributed by atoms with Gasteiger partial charge in [0.05, 0.1) is 33.1 Å². The average molecular weight is 1390 g/mol. The summed E-state index contributed by atoms with van der Waals surface area (Å²) in [5.41, 5.74) is 9.52. The van der Waals surface area contributed by atoms with E-state index in [-0.39, 0.29) is 0 Å². The van der Waals surface area contributed by atoms with Crippen LogP contribution in [0.2, 0.25) is 0 Å². The van der Waals surface area contributed by atoms with Crippen molar-refractivity contribution < 1.29 is 0 Å². The summed E-state index contributed by atoms with van der Waals surface area (Å²) in [4.78, 5) is 17.8. The molecule has 0 N–H and O–H groups in total. The number of aromatic nitrogens is 6. The molecule has 4 aromatic heterocycles. The fourth-order valence-electron chi connectivity index (χ4n) is 17.6. The summed E-state index contributed by atoms with van der Waals surface area (Å²) in [6, 6.07) is 144. The Hall–Kier alpha value is -12.6. The first kappa shape index (κ1) is 63.3. The number of fused-ring (bicyclic) bond motifs is 9. The highest BCUT2D eigenvalue weighted by molar-refractivity contribution is 7.21. The maximum absolute atomic E-state index is 6.00. The van der Waals surface area contributed by atoms with Gasteiger partial charge in [0.25, 0.3) is 0 Å². The monoisotopic (exact) mass is 1390 g/mol. The SMILES string of the molecule is Cc1ccc2c(c1)c1cc(C)ccc1n2-c1nc(-n2c3ccc(C)cc3c3cc([Si](c4ccccc4)(c4ccccc4)c4ccccc4)ccc32)nc(-n2c3ccc([Si](c4ccccc4)(c4ccccc4)c4ccccc4)cc3c3cc([Si](c4ccccc4)(c4ccccc4)c4ccccc4)ccc32)n1. The number of nitrogens with zero attached hydrogens (tertiary/aromatic N) is 6. The van der Waals surface area contributed by atoms with Gasteiger partial charge in [0, 0.05) is 32.3 Å². The van der Waals surface area contributed by atoms with Gasteiger partial charge in [-0.1, -0.05) is 344 Å². The summed E-state index contributed by atoms with van der Waals surface area (Å²) < 4.78 is 6.93. The molecule has 0 saturated heterocycles. The van der Waals surface area contributed by atoms with Crippen molar-refractivity contribution in [3.05, 3.63) is 399 Å². The molecule has 19 rings (SSSR count). The lowest BCUT2D eigenvalue weighted by atomic mass is 10.1. The van der Waals surface area contributed by atoms with Gasteiger partial charge in [-0.2, -0.15) is 15.0 Å². The maximum atomic E-state index is 6.00. The van der Waals surface area contributed by atoms with Crippen LogP contribution in [0.5, 0.6) is 0 Å². The molecule has 0 aliphatic carbocycles. The summed E-state index contributed by atoms with van der Waals surface area (Å²) in [6.07, 6.45) is 0.